The minimum Gasteiger partial charge on any atom is -0.495 e. The number of H-pyrrole nitrogens is 1. The van der Waals surface area contributed by atoms with Crippen LogP contribution in [0.25, 0.3) is 22.4 Å². The van der Waals surface area contributed by atoms with Crippen molar-refractivity contribution in [3.63, 3.8) is 0 Å². The highest BCUT2D eigenvalue weighted by Gasteiger charge is 2.14. The maximum Gasteiger partial charge on any atom is 0.347 e. The number of aromatic amines is 1. The van der Waals surface area contributed by atoms with Crippen LogP contribution in [0, 0.1) is 0 Å². The number of nitrogens with zero attached hydrogens (tertiary/aromatic N) is 2. The van der Waals surface area contributed by atoms with E-state index in [4.69, 9.17) is 20.8 Å². The molecule has 7 nitrogen and oxygen atoms in total. The Morgan fingerprint density at radius 1 is 1.15 bits per heavy atom. The van der Waals surface area contributed by atoms with Crippen molar-refractivity contribution in [2.75, 3.05) is 12.4 Å². The molecule has 4 rings (SSSR count). The zero-order valence-corrected chi connectivity index (χ0v) is 14.4. The number of hydrogen-bond donors (Lipinski definition) is 2. The van der Waals surface area contributed by atoms with E-state index in [2.05, 4.69) is 20.5 Å². The van der Waals surface area contributed by atoms with E-state index >= 15 is 0 Å². The Balaban J connectivity index is 1.71. The SMILES string of the molecule is COc1ccccc1Nc1nnc(-c2cc3cccc(Cl)c3oc2=O)[nH]1. The largest absolute Gasteiger partial charge is 0.495 e. The third-order valence-corrected chi connectivity index (χ3v) is 4.11. The molecule has 0 fully saturated rings. The van der Waals surface area contributed by atoms with Crippen LogP contribution in [0.1, 0.15) is 0 Å². The van der Waals surface area contributed by atoms with Crippen molar-refractivity contribution in [2.45, 2.75) is 0 Å². The summed E-state index contributed by atoms with van der Waals surface area (Å²) >= 11 is 6.06. The fourth-order valence-corrected chi connectivity index (χ4v) is 2.81. The van der Waals surface area contributed by atoms with Gasteiger partial charge in [0.2, 0.25) is 5.95 Å². The number of aromatic nitrogens is 3. The maximum atomic E-state index is 12.3. The summed E-state index contributed by atoms with van der Waals surface area (Å²) in [7, 11) is 1.58. The van der Waals surface area contributed by atoms with Gasteiger partial charge in [-0.05, 0) is 24.3 Å². The first kappa shape index (κ1) is 16.2. The van der Waals surface area contributed by atoms with Gasteiger partial charge in [-0.1, -0.05) is 35.9 Å². The second-order valence-electron chi connectivity index (χ2n) is 5.45. The third kappa shape index (κ3) is 2.89. The van der Waals surface area contributed by atoms with E-state index in [1.807, 2.05) is 24.3 Å². The number of nitrogens with one attached hydrogen (secondary N) is 2. The van der Waals surface area contributed by atoms with E-state index in [0.29, 0.717) is 27.7 Å². The molecule has 0 spiro atoms. The first-order valence-corrected chi connectivity index (χ1v) is 8.09. The highest BCUT2D eigenvalue weighted by Crippen LogP contribution is 2.27. The van der Waals surface area contributed by atoms with Crippen molar-refractivity contribution in [3.8, 4) is 17.1 Å². The summed E-state index contributed by atoms with van der Waals surface area (Å²) < 4.78 is 10.6. The van der Waals surface area contributed by atoms with Gasteiger partial charge in [0.1, 0.15) is 11.3 Å². The van der Waals surface area contributed by atoms with Gasteiger partial charge in [-0.3, -0.25) is 0 Å². The number of para-hydroxylation sites is 3. The summed E-state index contributed by atoms with van der Waals surface area (Å²) in [5.41, 5.74) is 0.774. The van der Waals surface area contributed by atoms with Gasteiger partial charge in [0.25, 0.3) is 0 Å². The van der Waals surface area contributed by atoms with Crippen LogP contribution in [-0.2, 0) is 0 Å². The number of hydrogen-bond acceptors (Lipinski definition) is 6. The molecule has 0 bridgehead atoms. The number of benzene rings is 2. The molecule has 2 N–H and O–H groups in total. The standard InChI is InChI=1S/C18H13ClN4O3/c1-25-14-8-3-2-7-13(14)20-18-21-16(22-23-18)11-9-10-5-4-6-12(19)15(10)26-17(11)24/h2-9H,1H3,(H2,20,21,22,23). The maximum absolute atomic E-state index is 12.3. The molecule has 0 unspecified atom stereocenters. The van der Waals surface area contributed by atoms with Gasteiger partial charge < -0.3 is 19.5 Å². The lowest BCUT2D eigenvalue weighted by Crippen LogP contribution is -2.04. The molecule has 0 aliphatic carbocycles. The Hall–Kier alpha value is -3.32. The molecule has 8 heteroatoms. The lowest BCUT2D eigenvalue weighted by atomic mass is 10.2. The van der Waals surface area contributed by atoms with Crippen LogP contribution in [0.15, 0.2) is 57.7 Å². The van der Waals surface area contributed by atoms with Crippen LogP contribution in [0.4, 0.5) is 11.6 Å². The predicted molar refractivity (Wildman–Crippen MR) is 99.1 cm³/mol. The minimum atomic E-state index is -0.550. The number of ether oxygens (including phenoxy) is 1. The average Bonchev–Trinajstić information content (AvgIpc) is 3.11. The molecule has 0 saturated carbocycles. The van der Waals surface area contributed by atoms with Crippen molar-refractivity contribution in [3.05, 3.63) is 64.0 Å². The fourth-order valence-electron chi connectivity index (χ4n) is 2.59. The van der Waals surface area contributed by atoms with Gasteiger partial charge in [0.15, 0.2) is 11.4 Å². The van der Waals surface area contributed by atoms with Gasteiger partial charge in [0, 0.05) is 5.39 Å². The molecule has 4 aromatic rings. The van der Waals surface area contributed by atoms with E-state index < -0.39 is 5.63 Å². The molecular formula is C18H13ClN4O3. The molecule has 0 saturated heterocycles. The number of anilines is 2. The molecule has 0 radical (unpaired) electrons. The van der Waals surface area contributed by atoms with Crippen molar-refractivity contribution in [1.29, 1.82) is 0 Å². The summed E-state index contributed by atoms with van der Waals surface area (Å²) in [5.74, 6) is 1.32. The van der Waals surface area contributed by atoms with Gasteiger partial charge in [-0.25, -0.2) is 4.79 Å². The van der Waals surface area contributed by atoms with Crippen LogP contribution in [0.3, 0.4) is 0 Å². The molecule has 0 atom stereocenters. The molecule has 2 heterocycles. The van der Waals surface area contributed by atoms with Crippen molar-refractivity contribution in [2.24, 2.45) is 0 Å². The van der Waals surface area contributed by atoms with E-state index in [-0.39, 0.29) is 11.4 Å². The summed E-state index contributed by atoms with van der Waals surface area (Å²) in [6, 6.07) is 14.3. The molecule has 0 aliphatic heterocycles. The Morgan fingerprint density at radius 2 is 2.00 bits per heavy atom. The molecule has 2 aromatic heterocycles. The van der Waals surface area contributed by atoms with Gasteiger partial charge in [0.05, 0.1) is 17.8 Å². The monoisotopic (exact) mass is 368 g/mol. The minimum absolute atomic E-state index is 0.264. The van der Waals surface area contributed by atoms with Crippen LogP contribution in [0.5, 0.6) is 5.75 Å². The zero-order valence-electron chi connectivity index (χ0n) is 13.6. The third-order valence-electron chi connectivity index (χ3n) is 3.81. The Labute approximate surface area is 152 Å². The Morgan fingerprint density at radius 3 is 2.85 bits per heavy atom. The average molecular weight is 369 g/mol. The molecule has 130 valence electrons. The van der Waals surface area contributed by atoms with E-state index in [9.17, 15) is 4.79 Å². The van der Waals surface area contributed by atoms with E-state index in [1.165, 1.54) is 0 Å². The van der Waals surface area contributed by atoms with Crippen LogP contribution < -0.4 is 15.7 Å². The predicted octanol–water partition coefficient (Wildman–Crippen LogP) is 3.98. The molecule has 2 aromatic carbocycles. The Bertz CT molecular complexity index is 1150. The normalized spacial score (nSPS) is 10.8. The van der Waals surface area contributed by atoms with Gasteiger partial charge >= 0.3 is 5.63 Å². The molecular weight excluding hydrogens is 356 g/mol. The van der Waals surface area contributed by atoms with Gasteiger partial charge in [-0.15, -0.1) is 10.2 Å². The Kier molecular flexibility index (Phi) is 4.06. The molecule has 0 aliphatic rings. The summed E-state index contributed by atoms with van der Waals surface area (Å²) in [6.45, 7) is 0. The second-order valence-corrected chi connectivity index (χ2v) is 5.86. The highest BCUT2D eigenvalue weighted by atomic mass is 35.5. The van der Waals surface area contributed by atoms with Crippen molar-refractivity contribution in [1.82, 2.24) is 15.2 Å². The number of halogens is 1. The second kappa shape index (κ2) is 6.53. The highest BCUT2D eigenvalue weighted by molar-refractivity contribution is 6.34. The smallest absolute Gasteiger partial charge is 0.347 e. The number of rotatable bonds is 4. The van der Waals surface area contributed by atoms with E-state index in [0.717, 1.165) is 5.69 Å². The zero-order chi connectivity index (χ0) is 18.1. The lowest BCUT2D eigenvalue weighted by molar-refractivity contribution is 0.417. The summed E-state index contributed by atoms with van der Waals surface area (Å²) in [5, 5.41) is 12.2. The number of methoxy groups -OCH3 is 1. The van der Waals surface area contributed by atoms with Crippen molar-refractivity contribution < 1.29 is 9.15 Å². The molecule has 0 amide bonds. The van der Waals surface area contributed by atoms with Crippen LogP contribution in [0.2, 0.25) is 5.02 Å². The topological polar surface area (TPSA) is 93.0 Å². The number of fused-ring (bicyclic) bond motifs is 1. The summed E-state index contributed by atoms with van der Waals surface area (Å²) in [4.78, 5) is 15.3. The van der Waals surface area contributed by atoms with Crippen LogP contribution >= 0.6 is 11.6 Å². The summed E-state index contributed by atoms with van der Waals surface area (Å²) in [6.07, 6.45) is 0. The van der Waals surface area contributed by atoms with Crippen molar-refractivity contribution >= 4 is 34.2 Å². The fraction of sp³-hybridized carbons (Fsp3) is 0.0556. The first-order chi connectivity index (χ1) is 12.7. The quantitative estimate of drug-likeness (QED) is 0.529. The van der Waals surface area contributed by atoms with E-state index in [1.54, 1.807) is 31.4 Å². The lowest BCUT2D eigenvalue weighted by Gasteiger charge is -2.07. The van der Waals surface area contributed by atoms with Gasteiger partial charge in [-0.2, -0.15) is 0 Å². The first-order valence-electron chi connectivity index (χ1n) is 7.71. The molecule has 26 heavy (non-hydrogen) atoms. The van der Waals surface area contributed by atoms with Crippen LogP contribution in [-0.4, -0.2) is 22.3 Å².